The third kappa shape index (κ3) is 5.01. The molecule has 2 heterocycles. The van der Waals surface area contributed by atoms with Crippen LogP contribution in [0.3, 0.4) is 0 Å². The van der Waals surface area contributed by atoms with Crippen LogP contribution in [-0.4, -0.2) is 24.6 Å². The molecule has 0 bridgehead atoms. The van der Waals surface area contributed by atoms with E-state index in [0.29, 0.717) is 23.0 Å². The number of carbonyl (C=O) groups excluding carboxylic acids is 1. The maximum absolute atomic E-state index is 12.1. The van der Waals surface area contributed by atoms with E-state index in [1.807, 2.05) is 42.6 Å². The number of aromatic nitrogens is 1. The van der Waals surface area contributed by atoms with Crippen LogP contribution in [0.25, 0.3) is 11.5 Å². The van der Waals surface area contributed by atoms with Crippen molar-refractivity contribution >= 4 is 17.2 Å². The third-order valence-electron chi connectivity index (χ3n) is 3.96. The number of nitrogens with zero attached hydrogens (tertiary/aromatic N) is 1. The average Bonchev–Trinajstić information content (AvgIpc) is 3.34. The molecule has 1 N–H and O–H groups in total. The van der Waals surface area contributed by atoms with E-state index in [4.69, 9.17) is 13.9 Å². The van der Waals surface area contributed by atoms with Gasteiger partial charge in [0.2, 0.25) is 0 Å². The summed E-state index contributed by atoms with van der Waals surface area (Å²) in [7, 11) is 1.57. The summed E-state index contributed by atoms with van der Waals surface area (Å²) in [4.78, 5) is 16.5. The first-order valence-electron chi connectivity index (χ1n) is 8.77. The molecule has 0 aliphatic rings. The molecule has 0 atom stereocenters. The molecular weight excluding hydrogens is 376 g/mol. The molecule has 0 aliphatic heterocycles. The van der Waals surface area contributed by atoms with Crippen molar-refractivity contribution in [1.82, 2.24) is 10.3 Å². The summed E-state index contributed by atoms with van der Waals surface area (Å²) in [6.45, 7) is 5.83. The zero-order chi connectivity index (χ0) is 19.9. The minimum Gasteiger partial charge on any atom is -0.493 e. The van der Waals surface area contributed by atoms with E-state index < -0.39 is 0 Å². The Morgan fingerprint density at radius 1 is 1.32 bits per heavy atom. The molecule has 0 fully saturated rings. The zero-order valence-electron chi connectivity index (χ0n) is 15.9. The van der Waals surface area contributed by atoms with E-state index >= 15 is 0 Å². The van der Waals surface area contributed by atoms with Crippen LogP contribution in [-0.2, 0) is 17.8 Å². The first-order valence-corrected chi connectivity index (χ1v) is 9.65. The second-order valence-corrected chi connectivity index (χ2v) is 7.12. The Morgan fingerprint density at radius 3 is 2.89 bits per heavy atom. The van der Waals surface area contributed by atoms with Crippen LogP contribution >= 0.6 is 11.3 Å². The molecule has 6 nitrogen and oxygen atoms in total. The number of thiazole rings is 1. The fraction of sp³-hybridized carbons (Fsp3) is 0.238. The van der Waals surface area contributed by atoms with Crippen LogP contribution < -0.4 is 14.8 Å². The Balaban J connectivity index is 1.51. The van der Waals surface area contributed by atoms with E-state index in [9.17, 15) is 4.79 Å². The van der Waals surface area contributed by atoms with Crippen molar-refractivity contribution < 1.29 is 18.7 Å². The Hall–Kier alpha value is -3.06. The summed E-state index contributed by atoms with van der Waals surface area (Å²) >= 11 is 1.57. The molecular formula is C21H22N2O4S. The molecule has 0 radical (unpaired) electrons. The summed E-state index contributed by atoms with van der Waals surface area (Å²) < 4.78 is 16.6. The van der Waals surface area contributed by atoms with E-state index in [1.54, 1.807) is 24.5 Å². The maximum atomic E-state index is 12.1. The fourth-order valence-electron chi connectivity index (χ4n) is 2.59. The standard InChI is InChI=1S/C21H22N2O4S/c1-4-5-15-6-8-19(20(10-15)25-3)26-12-21(24)22-11-16-7-9-18(27-16)17-13-28-14(2)23-17/h4,6-10,13H,1,5,11-12H2,2-3H3,(H,22,24). The number of ether oxygens (including phenoxy) is 2. The molecule has 0 aliphatic carbocycles. The number of rotatable bonds is 9. The van der Waals surface area contributed by atoms with Gasteiger partial charge < -0.3 is 19.2 Å². The van der Waals surface area contributed by atoms with Gasteiger partial charge in [-0.3, -0.25) is 4.79 Å². The van der Waals surface area contributed by atoms with E-state index in [-0.39, 0.29) is 19.1 Å². The van der Waals surface area contributed by atoms with Gasteiger partial charge in [-0.1, -0.05) is 12.1 Å². The minimum absolute atomic E-state index is 0.115. The first-order chi connectivity index (χ1) is 13.6. The summed E-state index contributed by atoms with van der Waals surface area (Å²) in [6.07, 6.45) is 2.56. The highest BCUT2D eigenvalue weighted by atomic mass is 32.1. The lowest BCUT2D eigenvalue weighted by Gasteiger charge is -2.11. The lowest BCUT2D eigenvalue weighted by atomic mass is 10.1. The van der Waals surface area contributed by atoms with Gasteiger partial charge in [0.05, 0.1) is 18.7 Å². The number of allylic oxidation sites excluding steroid dienone is 1. The molecule has 3 aromatic rings. The number of hydrogen-bond acceptors (Lipinski definition) is 6. The number of methoxy groups -OCH3 is 1. The highest BCUT2D eigenvalue weighted by Gasteiger charge is 2.11. The SMILES string of the molecule is C=CCc1ccc(OCC(=O)NCc2ccc(-c3csc(C)n3)o2)c(OC)c1. The van der Waals surface area contributed by atoms with E-state index in [1.165, 1.54) is 0 Å². The van der Waals surface area contributed by atoms with Crippen LogP contribution in [0.2, 0.25) is 0 Å². The van der Waals surface area contributed by atoms with E-state index in [2.05, 4.69) is 16.9 Å². The van der Waals surface area contributed by atoms with Gasteiger partial charge in [-0.05, 0) is 43.2 Å². The second kappa shape index (κ2) is 9.23. The third-order valence-corrected chi connectivity index (χ3v) is 4.73. The molecule has 1 amide bonds. The van der Waals surface area contributed by atoms with Crippen molar-refractivity contribution in [2.45, 2.75) is 19.9 Å². The highest BCUT2D eigenvalue weighted by Crippen LogP contribution is 2.28. The van der Waals surface area contributed by atoms with Crippen molar-refractivity contribution in [1.29, 1.82) is 0 Å². The van der Waals surface area contributed by atoms with Crippen LogP contribution in [0.5, 0.6) is 11.5 Å². The van der Waals surface area contributed by atoms with Crippen LogP contribution in [0.4, 0.5) is 0 Å². The largest absolute Gasteiger partial charge is 0.493 e. The average molecular weight is 398 g/mol. The lowest BCUT2D eigenvalue weighted by molar-refractivity contribution is -0.123. The van der Waals surface area contributed by atoms with Gasteiger partial charge in [-0.2, -0.15) is 0 Å². The van der Waals surface area contributed by atoms with Crippen molar-refractivity contribution in [2.75, 3.05) is 13.7 Å². The number of aryl methyl sites for hydroxylation is 1. The molecule has 1 aromatic carbocycles. The zero-order valence-corrected chi connectivity index (χ0v) is 16.7. The van der Waals surface area contributed by atoms with Crippen LogP contribution in [0, 0.1) is 6.92 Å². The van der Waals surface area contributed by atoms with Gasteiger partial charge in [0.1, 0.15) is 11.5 Å². The van der Waals surface area contributed by atoms with Crippen molar-refractivity contribution in [2.24, 2.45) is 0 Å². The smallest absolute Gasteiger partial charge is 0.258 e. The maximum Gasteiger partial charge on any atom is 0.258 e. The summed E-state index contributed by atoms with van der Waals surface area (Å²) in [5, 5.41) is 5.70. The van der Waals surface area contributed by atoms with Gasteiger partial charge in [0.25, 0.3) is 5.91 Å². The number of benzene rings is 1. The monoisotopic (exact) mass is 398 g/mol. The summed E-state index contributed by atoms with van der Waals surface area (Å²) in [5.74, 6) is 2.19. The van der Waals surface area contributed by atoms with Crippen molar-refractivity contribution in [3.05, 3.63) is 64.7 Å². The number of amides is 1. The number of carbonyl (C=O) groups is 1. The normalized spacial score (nSPS) is 10.5. The molecule has 0 saturated heterocycles. The number of hydrogen-bond donors (Lipinski definition) is 1. The molecule has 7 heteroatoms. The highest BCUT2D eigenvalue weighted by molar-refractivity contribution is 7.09. The molecule has 0 saturated carbocycles. The Bertz CT molecular complexity index is 961. The Morgan fingerprint density at radius 2 is 2.18 bits per heavy atom. The Kier molecular flexibility index (Phi) is 6.49. The van der Waals surface area contributed by atoms with Gasteiger partial charge >= 0.3 is 0 Å². The molecule has 0 unspecified atom stereocenters. The summed E-state index contributed by atoms with van der Waals surface area (Å²) in [5.41, 5.74) is 1.86. The Labute approximate surface area is 167 Å². The van der Waals surface area contributed by atoms with Crippen molar-refractivity contribution in [3.8, 4) is 23.0 Å². The predicted octanol–water partition coefficient (Wildman–Crippen LogP) is 4.14. The first kappa shape index (κ1) is 19.7. The summed E-state index contributed by atoms with van der Waals surface area (Å²) in [6, 6.07) is 9.26. The van der Waals surface area contributed by atoms with Gasteiger partial charge in [-0.25, -0.2) is 4.98 Å². The number of furan rings is 1. The topological polar surface area (TPSA) is 73.6 Å². The fourth-order valence-corrected chi connectivity index (χ4v) is 3.19. The quantitative estimate of drug-likeness (QED) is 0.548. The predicted molar refractivity (Wildman–Crippen MR) is 109 cm³/mol. The lowest BCUT2D eigenvalue weighted by Crippen LogP contribution is -2.28. The van der Waals surface area contributed by atoms with Crippen molar-refractivity contribution in [3.63, 3.8) is 0 Å². The molecule has 28 heavy (non-hydrogen) atoms. The van der Waals surface area contributed by atoms with Gasteiger partial charge in [-0.15, -0.1) is 17.9 Å². The van der Waals surface area contributed by atoms with E-state index in [0.717, 1.165) is 22.7 Å². The molecule has 146 valence electrons. The van der Waals surface area contributed by atoms with Gasteiger partial charge in [0, 0.05) is 5.38 Å². The number of nitrogens with one attached hydrogen (secondary N) is 1. The molecule has 3 rings (SSSR count). The second-order valence-electron chi connectivity index (χ2n) is 6.06. The van der Waals surface area contributed by atoms with Crippen LogP contribution in [0.15, 0.2) is 52.8 Å². The molecule has 0 spiro atoms. The molecule has 2 aromatic heterocycles. The minimum atomic E-state index is -0.250. The van der Waals surface area contributed by atoms with Crippen LogP contribution in [0.1, 0.15) is 16.3 Å². The van der Waals surface area contributed by atoms with Gasteiger partial charge in [0.15, 0.2) is 23.9 Å².